The zero-order valence-corrected chi connectivity index (χ0v) is 23.6. The summed E-state index contributed by atoms with van der Waals surface area (Å²) in [6.45, 7) is 7.88. The number of carbonyl (C=O) groups excluding carboxylic acids is 5. The Labute approximate surface area is 233 Å². The monoisotopic (exact) mass is 562 g/mol. The summed E-state index contributed by atoms with van der Waals surface area (Å²) in [5.74, 6) is -5.58. The highest BCUT2D eigenvalue weighted by Gasteiger charge is 2.37. The first-order chi connectivity index (χ1) is 18.8. The third kappa shape index (κ3) is 9.09. The molecule has 220 valence electrons. The summed E-state index contributed by atoms with van der Waals surface area (Å²) in [6.07, 6.45) is 2.48. The van der Waals surface area contributed by atoms with Crippen LogP contribution in [0.25, 0.3) is 0 Å². The number of hydrogen-bond donors (Lipinski definition) is 4. The molecule has 1 unspecified atom stereocenters. The summed E-state index contributed by atoms with van der Waals surface area (Å²) >= 11 is 0. The van der Waals surface area contributed by atoms with Gasteiger partial charge >= 0.3 is 0 Å². The van der Waals surface area contributed by atoms with Crippen LogP contribution in [0.2, 0.25) is 0 Å². The molecular weight excluding hydrogens is 522 g/mol. The van der Waals surface area contributed by atoms with Crippen molar-refractivity contribution in [2.45, 2.75) is 96.7 Å². The largest absolute Gasteiger partial charge is 0.356 e. The van der Waals surface area contributed by atoms with Gasteiger partial charge in [0.2, 0.25) is 23.5 Å². The Morgan fingerprint density at radius 3 is 2.30 bits per heavy atom. The number of hydrogen-bond acceptors (Lipinski definition) is 5. The molecule has 1 heterocycles. The number of nitrogens with one attached hydrogen (secondary N) is 4. The van der Waals surface area contributed by atoms with Gasteiger partial charge < -0.3 is 21.3 Å². The Hall–Kier alpha value is -3.37. The summed E-state index contributed by atoms with van der Waals surface area (Å²) in [6, 6.07) is 0.863. The van der Waals surface area contributed by atoms with Gasteiger partial charge in [-0.3, -0.25) is 24.0 Å². The average molecular weight is 563 g/mol. The second-order valence-corrected chi connectivity index (χ2v) is 12.0. The summed E-state index contributed by atoms with van der Waals surface area (Å²) in [5, 5.41) is 10.7. The van der Waals surface area contributed by atoms with E-state index >= 15 is 0 Å². The van der Waals surface area contributed by atoms with Crippen molar-refractivity contribution in [3.63, 3.8) is 0 Å². The van der Waals surface area contributed by atoms with E-state index in [4.69, 9.17) is 0 Å². The van der Waals surface area contributed by atoms with Gasteiger partial charge in [0.05, 0.1) is 6.04 Å². The van der Waals surface area contributed by atoms with E-state index in [2.05, 4.69) is 21.3 Å². The SMILES string of the molecule is CC[C@@H](CC(=O)N[C@@H](CC(C)(C)C)C(=O)NC(C[C@@H]1CCNC1=O)C(=O)C(=O)NC1CC1)c1ccc(F)cc1F. The smallest absolute Gasteiger partial charge is 0.289 e. The first-order valence-corrected chi connectivity index (χ1v) is 13.9. The van der Waals surface area contributed by atoms with Gasteiger partial charge in [-0.15, -0.1) is 0 Å². The van der Waals surface area contributed by atoms with Crippen LogP contribution in [0.4, 0.5) is 8.78 Å². The highest BCUT2D eigenvalue weighted by molar-refractivity contribution is 6.38. The maximum atomic E-state index is 14.4. The van der Waals surface area contributed by atoms with Crippen LogP contribution in [0.1, 0.15) is 84.1 Å². The number of rotatable bonds is 13. The van der Waals surface area contributed by atoms with Crippen molar-refractivity contribution in [1.82, 2.24) is 21.3 Å². The zero-order chi connectivity index (χ0) is 29.6. The third-order valence-electron chi connectivity index (χ3n) is 7.25. The molecule has 9 nitrogen and oxygen atoms in total. The van der Waals surface area contributed by atoms with Crippen LogP contribution in [0, 0.1) is 23.0 Å². The lowest BCUT2D eigenvalue weighted by atomic mass is 9.87. The summed E-state index contributed by atoms with van der Waals surface area (Å²) in [5.41, 5.74) is -0.200. The van der Waals surface area contributed by atoms with Crippen LogP contribution < -0.4 is 21.3 Å². The molecule has 1 saturated carbocycles. The van der Waals surface area contributed by atoms with E-state index in [1.165, 1.54) is 6.07 Å². The topological polar surface area (TPSA) is 133 Å². The number of halogens is 2. The number of ketones is 1. The van der Waals surface area contributed by atoms with E-state index in [1.54, 1.807) is 6.92 Å². The lowest BCUT2D eigenvalue weighted by molar-refractivity contribution is -0.141. The van der Waals surface area contributed by atoms with Crippen LogP contribution in [-0.4, -0.2) is 54.1 Å². The molecule has 1 aromatic carbocycles. The third-order valence-corrected chi connectivity index (χ3v) is 7.25. The van der Waals surface area contributed by atoms with E-state index in [0.717, 1.165) is 25.0 Å². The van der Waals surface area contributed by atoms with E-state index in [0.29, 0.717) is 19.4 Å². The summed E-state index contributed by atoms with van der Waals surface area (Å²) in [4.78, 5) is 64.4. The van der Waals surface area contributed by atoms with Gasteiger partial charge in [-0.25, -0.2) is 8.78 Å². The van der Waals surface area contributed by atoms with E-state index in [-0.39, 0.29) is 36.8 Å². The fourth-order valence-corrected chi connectivity index (χ4v) is 4.91. The molecule has 40 heavy (non-hydrogen) atoms. The fourth-order valence-electron chi connectivity index (χ4n) is 4.91. The molecule has 2 fully saturated rings. The van der Waals surface area contributed by atoms with Crippen LogP contribution in [-0.2, 0) is 24.0 Å². The zero-order valence-electron chi connectivity index (χ0n) is 23.6. The van der Waals surface area contributed by atoms with Gasteiger partial charge in [-0.05, 0) is 61.5 Å². The summed E-state index contributed by atoms with van der Waals surface area (Å²) < 4.78 is 27.8. The van der Waals surface area contributed by atoms with Gasteiger partial charge in [-0.2, -0.15) is 0 Å². The minimum atomic E-state index is -1.24. The summed E-state index contributed by atoms with van der Waals surface area (Å²) in [7, 11) is 0. The van der Waals surface area contributed by atoms with Gasteiger partial charge in [0, 0.05) is 31.0 Å². The number of carbonyl (C=O) groups is 5. The van der Waals surface area contributed by atoms with Crippen molar-refractivity contribution < 1.29 is 32.8 Å². The lowest BCUT2D eigenvalue weighted by Crippen LogP contribution is -2.55. The first-order valence-electron chi connectivity index (χ1n) is 13.9. The van der Waals surface area contributed by atoms with Crippen molar-refractivity contribution in [2.24, 2.45) is 11.3 Å². The predicted molar refractivity (Wildman–Crippen MR) is 144 cm³/mol. The van der Waals surface area contributed by atoms with Crippen LogP contribution in [0.5, 0.6) is 0 Å². The highest BCUT2D eigenvalue weighted by atomic mass is 19.1. The van der Waals surface area contributed by atoms with Crippen LogP contribution in [0.15, 0.2) is 18.2 Å². The molecule has 1 saturated heterocycles. The fraction of sp³-hybridized carbons (Fsp3) is 0.621. The maximum Gasteiger partial charge on any atom is 0.289 e. The van der Waals surface area contributed by atoms with Gasteiger partial charge in [0.15, 0.2) is 0 Å². The maximum absolute atomic E-state index is 14.4. The minimum absolute atomic E-state index is 0.0353. The predicted octanol–water partition coefficient (Wildman–Crippen LogP) is 2.63. The molecule has 1 aliphatic carbocycles. The Morgan fingerprint density at radius 1 is 1.05 bits per heavy atom. The normalized spacial score (nSPS) is 19.2. The molecule has 1 aromatic rings. The second-order valence-electron chi connectivity index (χ2n) is 12.0. The van der Waals surface area contributed by atoms with Crippen LogP contribution >= 0.6 is 0 Å². The van der Waals surface area contributed by atoms with Crippen molar-refractivity contribution >= 4 is 29.4 Å². The quantitative estimate of drug-likeness (QED) is 0.274. The standard InChI is InChI=1S/C29H40F2N4O5/c1-5-16(20-9-6-18(30)14-21(20)31)13-24(36)34-23(15-29(2,3)4)27(39)35-22(12-17-10-11-32-26(17)38)25(37)28(40)33-19-7-8-19/h6,9,14,16-17,19,22-23H,5,7-8,10-13,15H2,1-4H3,(H,32,38)(H,33,40)(H,34,36)(H,35,39)/t16-,17-,22?,23-/m0/s1. The molecule has 3 rings (SSSR count). The average Bonchev–Trinajstić information content (AvgIpc) is 3.59. The molecule has 4 amide bonds. The van der Waals surface area contributed by atoms with Crippen molar-refractivity contribution in [1.29, 1.82) is 0 Å². The molecule has 4 N–H and O–H groups in total. The van der Waals surface area contributed by atoms with Gasteiger partial charge in [0.1, 0.15) is 17.7 Å². The number of benzene rings is 1. The molecule has 4 atom stereocenters. The molecule has 0 radical (unpaired) electrons. The van der Waals surface area contributed by atoms with E-state index in [9.17, 15) is 32.8 Å². The van der Waals surface area contributed by atoms with Crippen molar-refractivity contribution in [3.05, 3.63) is 35.4 Å². The Balaban J connectivity index is 1.75. The van der Waals surface area contributed by atoms with E-state index < -0.39 is 64.5 Å². The molecule has 0 aromatic heterocycles. The highest BCUT2D eigenvalue weighted by Crippen LogP contribution is 2.27. The van der Waals surface area contributed by atoms with Gasteiger partial charge in [-0.1, -0.05) is 33.8 Å². The molecule has 2 aliphatic rings. The van der Waals surface area contributed by atoms with Crippen molar-refractivity contribution in [3.8, 4) is 0 Å². The minimum Gasteiger partial charge on any atom is -0.356 e. The first kappa shape index (κ1) is 31.2. The Kier molecular flexibility index (Phi) is 10.4. The number of Topliss-reactive ketones (excluding diaryl/α,β-unsaturated/α-hetero) is 1. The Morgan fingerprint density at radius 2 is 1.75 bits per heavy atom. The lowest BCUT2D eigenvalue weighted by Gasteiger charge is -2.29. The van der Waals surface area contributed by atoms with Crippen molar-refractivity contribution in [2.75, 3.05) is 6.54 Å². The molecule has 11 heteroatoms. The van der Waals surface area contributed by atoms with Gasteiger partial charge in [0.25, 0.3) is 5.91 Å². The molecule has 0 spiro atoms. The Bertz CT molecular complexity index is 1130. The second kappa shape index (κ2) is 13.3. The molecule has 0 bridgehead atoms. The number of amides is 4. The van der Waals surface area contributed by atoms with E-state index in [1.807, 2.05) is 20.8 Å². The van der Waals surface area contributed by atoms with Crippen LogP contribution in [0.3, 0.4) is 0 Å². The molecule has 1 aliphatic heterocycles. The molecular formula is C29H40F2N4O5.